The number of anilines is 1. The minimum absolute atomic E-state index is 0.234. The number of para-hydroxylation sites is 1. The predicted molar refractivity (Wildman–Crippen MR) is 119 cm³/mol. The number of rotatable bonds is 5. The van der Waals surface area contributed by atoms with Crippen LogP contribution < -0.4 is 4.90 Å². The van der Waals surface area contributed by atoms with Crippen LogP contribution in [0.25, 0.3) is 0 Å². The Hall–Kier alpha value is -1.62. The van der Waals surface area contributed by atoms with Gasteiger partial charge in [-0.2, -0.15) is 0 Å². The number of hydrogen-bond donors (Lipinski definition) is 0. The maximum Gasteiger partial charge on any atom is 0.123 e. The summed E-state index contributed by atoms with van der Waals surface area (Å²) in [6.07, 6.45) is 3.03. The highest BCUT2D eigenvalue weighted by Crippen LogP contribution is 2.40. The maximum atomic E-state index is 11.0. The molecule has 0 unspecified atom stereocenters. The first kappa shape index (κ1) is 20.6. The second-order valence-corrected chi connectivity index (χ2v) is 9.16. The third kappa shape index (κ3) is 4.30. The number of carbonyl (C=O) groups is 1. The molecular formula is C23H27Cl2N3O. The Bertz CT molecular complexity index is 883. The van der Waals surface area contributed by atoms with Crippen LogP contribution in [0.2, 0.25) is 10.0 Å². The number of aldehydes is 1. The summed E-state index contributed by atoms with van der Waals surface area (Å²) in [5.41, 5.74) is 5.77. The summed E-state index contributed by atoms with van der Waals surface area (Å²) in [4.78, 5) is 20.6. The Morgan fingerprint density at radius 1 is 1.14 bits per heavy atom. The molecule has 2 aliphatic rings. The number of piperidine rings is 1. The molecule has 154 valence electrons. The Labute approximate surface area is 182 Å². The van der Waals surface area contributed by atoms with Crippen LogP contribution in [0.3, 0.4) is 0 Å². The van der Waals surface area contributed by atoms with Gasteiger partial charge in [-0.05, 0) is 63.0 Å². The van der Waals surface area contributed by atoms with E-state index < -0.39 is 0 Å². The van der Waals surface area contributed by atoms with Crippen molar-refractivity contribution < 1.29 is 4.79 Å². The number of pyridine rings is 1. The van der Waals surface area contributed by atoms with Gasteiger partial charge in [0, 0.05) is 37.2 Å². The van der Waals surface area contributed by atoms with Gasteiger partial charge in [0.1, 0.15) is 6.29 Å². The normalized spacial score (nSPS) is 18.7. The molecule has 2 saturated heterocycles. The van der Waals surface area contributed by atoms with Crippen molar-refractivity contribution in [3.05, 3.63) is 56.8 Å². The van der Waals surface area contributed by atoms with Gasteiger partial charge in [0.05, 0.1) is 21.4 Å². The highest BCUT2D eigenvalue weighted by atomic mass is 35.5. The summed E-state index contributed by atoms with van der Waals surface area (Å²) >= 11 is 12.7. The van der Waals surface area contributed by atoms with Crippen LogP contribution in [0.15, 0.2) is 24.3 Å². The summed E-state index contributed by atoms with van der Waals surface area (Å²) in [5.74, 6) is 0.684. The maximum absolute atomic E-state index is 11.0. The van der Waals surface area contributed by atoms with Gasteiger partial charge < -0.3 is 9.69 Å². The molecule has 0 N–H and O–H groups in total. The quantitative estimate of drug-likeness (QED) is 0.622. The zero-order valence-corrected chi connectivity index (χ0v) is 18.5. The largest absolute Gasteiger partial charge is 0.368 e. The second kappa shape index (κ2) is 8.63. The van der Waals surface area contributed by atoms with Gasteiger partial charge in [0.2, 0.25) is 0 Å². The standard InChI is InChI=1S/C23H27Cl2N3O/c1-15-10-19(18-11-28(12-18)23-20(24)4-3-5-21(23)25)16(2)26-22(15)13-27-8-6-17(14-29)7-9-27/h3-5,10,14,17-18H,6-9,11-13H2,1-2H3. The Balaban J connectivity index is 1.43. The van der Waals surface area contributed by atoms with Crippen molar-refractivity contribution in [1.82, 2.24) is 9.88 Å². The van der Waals surface area contributed by atoms with Gasteiger partial charge in [-0.15, -0.1) is 0 Å². The number of likely N-dealkylation sites (tertiary alicyclic amines) is 1. The monoisotopic (exact) mass is 431 g/mol. The molecule has 1 aromatic carbocycles. The number of hydrogen-bond acceptors (Lipinski definition) is 4. The van der Waals surface area contributed by atoms with Crippen molar-refractivity contribution in [3.63, 3.8) is 0 Å². The molecule has 0 aliphatic carbocycles. The summed E-state index contributed by atoms with van der Waals surface area (Å²) in [7, 11) is 0. The Morgan fingerprint density at radius 3 is 2.41 bits per heavy atom. The van der Waals surface area contributed by atoms with Gasteiger partial charge in [0.15, 0.2) is 0 Å². The van der Waals surface area contributed by atoms with E-state index in [0.717, 1.165) is 68.9 Å². The first-order chi connectivity index (χ1) is 14.0. The van der Waals surface area contributed by atoms with Crippen LogP contribution in [0.4, 0.5) is 5.69 Å². The van der Waals surface area contributed by atoms with Crippen LogP contribution >= 0.6 is 23.2 Å². The fraction of sp³-hybridized carbons (Fsp3) is 0.478. The summed E-state index contributed by atoms with van der Waals surface area (Å²) in [5, 5.41) is 1.41. The number of aryl methyl sites for hydroxylation is 2. The Kier molecular flexibility index (Phi) is 6.14. The van der Waals surface area contributed by atoms with E-state index in [-0.39, 0.29) is 5.92 Å². The molecule has 2 aliphatic heterocycles. The molecule has 6 heteroatoms. The van der Waals surface area contributed by atoms with Crippen molar-refractivity contribution in [2.24, 2.45) is 5.92 Å². The predicted octanol–water partition coefficient (Wildman–Crippen LogP) is 5.02. The van der Waals surface area contributed by atoms with E-state index in [1.165, 1.54) is 11.1 Å². The van der Waals surface area contributed by atoms with Crippen molar-refractivity contribution in [2.45, 2.75) is 39.2 Å². The van der Waals surface area contributed by atoms with Gasteiger partial charge >= 0.3 is 0 Å². The molecule has 0 spiro atoms. The smallest absolute Gasteiger partial charge is 0.123 e. The second-order valence-electron chi connectivity index (χ2n) is 8.35. The highest BCUT2D eigenvalue weighted by Gasteiger charge is 2.32. The summed E-state index contributed by atoms with van der Waals surface area (Å²) < 4.78 is 0. The van der Waals surface area contributed by atoms with Crippen molar-refractivity contribution >= 4 is 35.2 Å². The van der Waals surface area contributed by atoms with Gasteiger partial charge in [0.25, 0.3) is 0 Å². The molecule has 4 rings (SSSR count). The number of halogens is 2. The lowest BCUT2D eigenvalue weighted by atomic mass is 9.88. The molecule has 0 amide bonds. The van der Waals surface area contributed by atoms with Gasteiger partial charge in [-0.1, -0.05) is 35.3 Å². The average molecular weight is 432 g/mol. The van der Waals surface area contributed by atoms with Crippen LogP contribution in [0.1, 0.15) is 41.3 Å². The van der Waals surface area contributed by atoms with E-state index in [1.54, 1.807) is 0 Å². The number of benzene rings is 1. The van der Waals surface area contributed by atoms with E-state index in [4.69, 9.17) is 28.2 Å². The van der Waals surface area contributed by atoms with E-state index >= 15 is 0 Å². The lowest BCUT2D eigenvalue weighted by molar-refractivity contribution is -0.112. The molecule has 0 atom stereocenters. The van der Waals surface area contributed by atoms with Crippen molar-refractivity contribution in [2.75, 3.05) is 31.1 Å². The zero-order valence-electron chi connectivity index (χ0n) is 17.0. The molecule has 0 saturated carbocycles. The van der Waals surface area contributed by atoms with Crippen molar-refractivity contribution in [1.29, 1.82) is 0 Å². The molecule has 4 nitrogen and oxygen atoms in total. The van der Waals surface area contributed by atoms with E-state index in [1.807, 2.05) is 18.2 Å². The lowest BCUT2D eigenvalue weighted by Crippen LogP contribution is -2.45. The van der Waals surface area contributed by atoms with Crippen LogP contribution in [-0.4, -0.2) is 42.3 Å². The van der Waals surface area contributed by atoms with Crippen molar-refractivity contribution in [3.8, 4) is 0 Å². The minimum Gasteiger partial charge on any atom is -0.368 e. The zero-order chi connectivity index (χ0) is 20.5. The SMILES string of the molecule is Cc1cc(C2CN(c3c(Cl)cccc3Cl)C2)c(C)nc1CN1CCC(C=O)CC1. The summed E-state index contributed by atoms with van der Waals surface area (Å²) in [6.45, 7) is 8.90. The molecule has 0 bridgehead atoms. The van der Waals surface area contributed by atoms with Crippen LogP contribution in [-0.2, 0) is 11.3 Å². The van der Waals surface area contributed by atoms with E-state index in [2.05, 4.69) is 29.7 Å². The fourth-order valence-electron chi connectivity index (χ4n) is 4.46. The first-order valence-corrected chi connectivity index (χ1v) is 11.1. The van der Waals surface area contributed by atoms with Crippen LogP contribution in [0, 0.1) is 19.8 Å². The third-order valence-electron chi connectivity index (χ3n) is 6.32. The molecular weight excluding hydrogens is 405 g/mol. The van der Waals surface area contributed by atoms with E-state index in [9.17, 15) is 4.79 Å². The van der Waals surface area contributed by atoms with E-state index in [0.29, 0.717) is 16.0 Å². The third-order valence-corrected chi connectivity index (χ3v) is 6.93. The topological polar surface area (TPSA) is 36.4 Å². The first-order valence-electron chi connectivity index (χ1n) is 10.3. The van der Waals surface area contributed by atoms with Gasteiger partial charge in [-0.25, -0.2) is 0 Å². The molecule has 0 radical (unpaired) electrons. The molecule has 1 aromatic heterocycles. The number of aromatic nitrogens is 1. The molecule has 2 aromatic rings. The summed E-state index contributed by atoms with van der Waals surface area (Å²) in [6, 6.07) is 7.97. The minimum atomic E-state index is 0.234. The number of nitrogens with zero attached hydrogens (tertiary/aromatic N) is 3. The lowest BCUT2D eigenvalue weighted by Gasteiger charge is -2.42. The molecule has 3 heterocycles. The Morgan fingerprint density at radius 2 is 1.79 bits per heavy atom. The van der Waals surface area contributed by atoms with Crippen LogP contribution in [0.5, 0.6) is 0 Å². The molecule has 2 fully saturated rings. The highest BCUT2D eigenvalue weighted by molar-refractivity contribution is 6.39. The fourth-order valence-corrected chi connectivity index (χ4v) is 5.09. The van der Waals surface area contributed by atoms with Gasteiger partial charge in [-0.3, -0.25) is 9.88 Å². The number of carbonyl (C=O) groups excluding carboxylic acids is 1. The molecule has 29 heavy (non-hydrogen) atoms. The average Bonchev–Trinajstić information content (AvgIpc) is 2.67.